The minimum Gasteiger partial charge on any atom is -0.496 e. The first-order chi connectivity index (χ1) is 8.67. The highest BCUT2D eigenvalue weighted by Gasteiger charge is 2.39. The van der Waals surface area contributed by atoms with Gasteiger partial charge in [0.2, 0.25) is 0 Å². The van der Waals surface area contributed by atoms with Gasteiger partial charge in [-0.25, -0.2) is 0 Å². The van der Waals surface area contributed by atoms with E-state index in [-0.39, 0.29) is 0 Å². The quantitative estimate of drug-likeness (QED) is 0.827. The van der Waals surface area contributed by atoms with Crippen LogP contribution in [0.25, 0.3) is 0 Å². The van der Waals surface area contributed by atoms with E-state index >= 15 is 0 Å². The average molecular weight is 247 g/mol. The number of rotatable bonds is 6. The number of aryl methyl sites for hydroxylation is 1. The molecule has 0 heterocycles. The van der Waals surface area contributed by atoms with Crippen LogP contribution in [0.5, 0.6) is 5.75 Å². The highest BCUT2D eigenvalue weighted by atomic mass is 16.5. The van der Waals surface area contributed by atoms with Gasteiger partial charge >= 0.3 is 0 Å². The molecule has 18 heavy (non-hydrogen) atoms. The Morgan fingerprint density at radius 2 is 2.17 bits per heavy atom. The summed E-state index contributed by atoms with van der Waals surface area (Å²) in [7, 11) is 1.73. The second kappa shape index (κ2) is 5.75. The molecule has 1 N–H and O–H groups in total. The molecule has 1 aromatic carbocycles. The van der Waals surface area contributed by atoms with Gasteiger partial charge in [-0.1, -0.05) is 26.0 Å². The minimum absolute atomic E-state index is 0.518. The van der Waals surface area contributed by atoms with Crippen molar-refractivity contribution < 1.29 is 4.74 Å². The lowest BCUT2D eigenvalue weighted by Gasteiger charge is -2.20. The fourth-order valence-corrected chi connectivity index (χ4v) is 2.73. The Hall–Kier alpha value is -1.02. The Morgan fingerprint density at radius 1 is 1.44 bits per heavy atom. The normalized spacial score (nSPS) is 23.8. The molecule has 100 valence electrons. The molecule has 2 nitrogen and oxygen atoms in total. The van der Waals surface area contributed by atoms with Crippen LogP contribution in [0.4, 0.5) is 0 Å². The highest BCUT2D eigenvalue weighted by molar-refractivity contribution is 5.38. The molecule has 1 fully saturated rings. The first kappa shape index (κ1) is 13.4. The first-order valence-corrected chi connectivity index (χ1v) is 7.05. The fraction of sp³-hybridized carbons (Fsp3) is 0.625. The van der Waals surface area contributed by atoms with Gasteiger partial charge in [-0.3, -0.25) is 0 Å². The van der Waals surface area contributed by atoms with Gasteiger partial charge < -0.3 is 10.1 Å². The maximum absolute atomic E-state index is 5.34. The van der Waals surface area contributed by atoms with E-state index in [0.29, 0.717) is 6.04 Å². The fourth-order valence-electron chi connectivity index (χ4n) is 2.73. The molecule has 1 aliphatic rings. The van der Waals surface area contributed by atoms with Crippen LogP contribution in [0, 0.1) is 18.8 Å². The second-order valence-corrected chi connectivity index (χ2v) is 5.54. The van der Waals surface area contributed by atoms with Gasteiger partial charge in [-0.15, -0.1) is 0 Å². The van der Waals surface area contributed by atoms with Crippen LogP contribution in [0.3, 0.4) is 0 Å². The summed E-state index contributed by atoms with van der Waals surface area (Å²) in [5, 5.41) is 3.70. The zero-order valence-corrected chi connectivity index (χ0v) is 12.0. The van der Waals surface area contributed by atoms with Crippen LogP contribution >= 0.6 is 0 Å². The lowest BCUT2D eigenvalue weighted by atomic mass is 9.98. The minimum atomic E-state index is 0.518. The Bertz CT molecular complexity index is 402. The number of hydrogen-bond donors (Lipinski definition) is 1. The maximum Gasteiger partial charge on any atom is 0.121 e. The summed E-state index contributed by atoms with van der Waals surface area (Å²) in [4.78, 5) is 0. The second-order valence-electron chi connectivity index (χ2n) is 5.54. The summed E-state index contributed by atoms with van der Waals surface area (Å²) in [6.45, 7) is 7.79. The zero-order valence-electron chi connectivity index (χ0n) is 12.0. The average Bonchev–Trinajstić information content (AvgIpc) is 3.07. The molecule has 1 aliphatic carbocycles. The highest BCUT2D eigenvalue weighted by Crippen LogP contribution is 2.47. The van der Waals surface area contributed by atoms with Crippen molar-refractivity contribution in [2.75, 3.05) is 13.7 Å². The number of methoxy groups -OCH3 is 1. The molecular weight excluding hydrogens is 222 g/mol. The van der Waals surface area contributed by atoms with Crippen LogP contribution in [0.15, 0.2) is 18.2 Å². The Kier molecular flexibility index (Phi) is 4.28. The van der Waals surface area contributed by atoms with Gasteiger partial charge in [0.1, 0.15) is 5.75 Å². The topological polar surface area (TPSA) is 21.3 Å². The van der Waals surface area contributed by atoms with Crippen molar-refractivity contribution in [1.82, 2.24) is 5.32 Å². The van der Waals surface area contributed by atoms with Crippen LogP contribution in [0.1, 0.15) is 43.9 Å². The lowest BCUT2D eigenvalue weighted by molar-refractivity contribution is 0.410. The van der Waals surface area contributed by atoms with Crippen molar-refractivity contribution in [3.63, 3.8) is 0 Å². The molecule has 0 aliphatic heterocycles. The lowest BCUT2D eigenvalue weighted by Crippen LogP contribution is -2.24. The molecule has 3 atom stereocenters. The molecule has 2 rings (SSSR count). The van der Waals surface area contributed by atoms with E-state index in [2.05, 4.69) is 44.3 Å². The summed E-state index contributed by atoms with van der Waals surface area (Å²) < 4.78 is 5.34. The summed E-state index contributed by atoms with van der Waals surface area (Å²) in [6.07, 6.45) is 2.54. The summed E-state index contributed by atoms with van der Waals surface area (Å²) in [6, 6.07) is 7.10. The molecule has 0 saturated heterocycles. The van der Waals surface area contributed by atoms with Crippen molar-refractivity contribution in [2.24, 2.45) is 11.8 Å². The molecule has 1 saturated carbocycles. The Balaban J connectivity index is 2.16. The van der Waals surface area contributed by atoms with Crippen molar-refractivity contribution in [3.05, 3.63) is 29.3 Å². The maximum atomic E-state index is 5.34. The van der Waals surface area contributed by atoms with Crippen LogP contribution in [-0.2, 0) is 0 Å². The monoisotopic (exact) mass is 247 g/mol. The predicted octanol–water partition coefficient (Wildman–Crippen LogP) is 3.70. The Labute approximate surface area is 111 Å². The van der Waals surface area contributed by atoms with Gasteiger partial charge in [0.15, 0.2) is 0 Å². The molecule has 0 aromatic heterocycles. The molecule has 1 aromatic rings. The van der Waals surface area contributed by atoms with E-state index in [9.17, 15) is 0 Å². The standard InChI is InChI=1S/C16H25NO/c1-5-8-17-16(14-10-11(14)2)13-6-7-15(18-4)12(3)9-13/h6-7,9,11,14,16-17H,5,8,10H2,1-4H3. The van der Waals surface area contributed by atoms with E-state index in [1.54, 1.807) is 7.11 Å². The molecule has 2 heteroatoms. The van der Waals surface area contributed by atoms with Crippen molar-refractivity contribution in [1.29, 1.82) is 0 Å². The third-order valence-electron chi connectivity index (χ3n) is 3.99. The Morgan fingerprint density at radius 3 is 2.67 bits per heavy atom. The van der Waals surface area contributed by atoms with E-state index in [4.69, 9.17) is 4.74 Å². The largest absolute Gasteiger partial charge is 0.496 e. The van der Waals surface area contributed by atoms with Crippen LogP contribution in [-0.4, -0.2) is 13.7 Å². The third kappa shape index (κ3) is 2.86. The number of nitrogens with one attached hydrogen (secondary N) is 1. The molecule has 0 radical (unpaired) electrons. The van der Waals surface area contributed by atoms with E-state index in [1.165, 1.54) is 24.0 Å². The smallest absolute Gasteiger partial charge is 0.121 e. The SMILES string of the molecule is CCCNC(c1ccc(OC)c(C)c1)C1CC1C. The van der Waals surface area contributed by atoms with E-state index < -0.39 is 0 Å². The number of ether oxygens (including phenoxy) is 1. The summed E-state index contributed by atoms with van der Waals surface area (Å²) in [5.74, 6) is 2.66. The van der Waals surface area contributed by atoms with Crippen LogP contribution in [0.2, 0.25) is 0 Å². The van der Waals surface area contributed by atoms with Gasteiger partial charge in [-0.2, -0.15) is 0 Å². The summed E-state index contributed by atoms with van der Waals surface area (Å²) in [5.41, 5.74) is 2.64. The van der Waals surface area contributed by atoms with Gasteiger partial charge in [0.05, 0.1) is 7.11 Å². The van der Waals surface area contributed by atoms with E-state index in [1.807, 2.05) is 0 Å². The summed E-state index contributed by atoms with van der Waals surface area (Å²) >= 11 is 0. The first-order valence-electron chi connectivity index (χ1n) is 7.05. The molecule has 0 bridgehead atoms. The van der Waals surface area contributed by atoms with Gasteiger partial charge in [-0.05, 0) is 55.3 Å². The van der Waals surface area contributed by atoms with Crippen LogP contribution < -0.4 is 10.1 Å². The zero-order chi connectivity index (χ0) is 13.1. The van der Waals surface area contributed by atoms with E-state index in [0.717, 1.165) is 24.1 Å². The van der Waals surface area contributed by atoms with Gasteiger partial charge in [0.25, 0.3) is 0 Å². The number of hydrogen-bond acceptors (Lipinski definition) is 2. The van der Waals surface area contributed by atoms with Gasteiger partial charge in [0, 0.05) is 6.04 Å². The third-order valence-corrected chi connectivity index (χ3v) is 3.99. The van der Waals surface area contributed by atoms with Crippen molar-refractivity contribution in [2.45, 2.75) is 39.7 Å². The van der Waals surface area contributed by atoms with Crippen molar-refractivity contribution in [3.8, 4) is 5.75 Å². The molecular formula is C16H25NO. The molecule has 0 spiro atoms. The molecule has 3 unspecified atom stereocenters. The molecule has 0 amide bonds. The number of benzene rings is 1. The van der Waals surface area contributed by atoms with Crippen molar-refractivity contribution >= 4 is 0 Å². The predicted molar refractivity (Wildman–Crippen MR) is 76.0 cm³/mol.